The number of nitrogens with zero attached hydrogens (tertiary/aromatic N) is 5. The Balaban J connectivity index is 1.13. The van der Waals surface area contributed by atoms with E-state index in [0.29, 0.717) is 56.7 Å². The number of pyridine rings is 1. The van der Waals surface area contributed by atoms with E-state index in [2.05, 4.69) is 23.1 Å². The highest BCUT2D eigenvalue weighted by Crippen LogP contribution is 2.26. The van der Waals surface area contributed by atoms with Crippen molar-refractivity contribution in [2.24, 2.45) is 0 Å². The molecule has 0 unspecified atom stereocenters. The average Bonchev–Trinajstić information content (AvgIpc) is 3.47. The highest BCUT2D eigenvalue weighted by Gasteiger charge is 2.11. The number of aromatic nitrogens is 5. The lowest BCUT2D eigenvalue weighted by Gasteiger charge is -2.07. The Morgan fingerprint density at radius 2 is 1.61 bits per heavy atom. The molecule has 3 aromatic rings. The first-order chi connectivity index (χ1) is 15.4. The molecule has 10 nitrogen and oxygen atoms in total. The lowest BCUT2D eigenvalue weighted by atomic mass is 10.2. The van der Waals surface area contributed by atoms with Gasteiger partial charge in [-0.2, -0.15) is 4.37 Å². The molecule has 0 aliphatic rings. The van der Waals surface area contributed by atoms with Crippen LogP contribution in [0.4, 0.5) is 0 Å². The summed E-state index contributed by atoms with van der Waals surface area (Å²) in [6.07, 6.45) is 5.87. The van der Waals surface area contributed by atoms with Gasteiger partial charge in [0.15, 0.2) is 0 Å². The SMILES string of the molecule is COc1nsc(OCCCOCCCOCCCOc2nsnc2-c2cccnc2)n1. The summed E-state index contributed by atoms with van der Waals surface area (Å²) >= 11 is 2.30. The van der Waals surface area contributed by atoms with Crippen LogP contribution in [0.15, 0.2) is 24.5 Å². The van der Waals surface area contributed by atoms with Crippen LogP contribution in [-0.4, -0.2) is 69.8 Å². The molecule has 0 amide bonds. The van der Waals surface area contributed by atoms with Crippen molar-refractivity contribution >= 4 is 23.3 Å². The minimum absolute atomic E-state index is 0.331. The quantitative estimate of drug-likeness (QED) is 0.291. The molecule has 31 heavy (non-hydrogen) atoms. The Bertz CT molecular complexity index is 864. The molecule has 0 aromatic carbocycles. The molecule has 3 aromatic heterocycles. The van der Waals surface area contributed by atoms with Crippen molar-refractivity contribution in [1.29, 1.82) is 0 Å². The maximum atomic E-state index is 5.73. The number of methoxy groups -OCH3 is 1. The van der Waals surface area contributed by atoms with Crippen LogP contribution in [-0.2, 0) is 9.47 Å². The maximum absolute atomic E-state index is 5.73. The second kappa shape index (κ2) is 13.8. The Morgan fingerprint density at radius 3 is 2.29 bits per heavy atom. The summed E-state index contributed by atoms with van der Waals surface area (Å²) in [4.78, 5) is 8.14. The van der Waals surface area contributed by atoms with Gasteiger partial charge in [-0.15, -0.1) is 13.7 Å². The van der Waals surface area contributed by atoms with Crippen LogP contribution < -0.4 is 14.2 Å². The van der Waals surface area contributed by atoms with Crippen LogP contribution in [0.25, 0.3) is 11.3 Å². The highest BCUT2D eigenvalue weighted by molar-refractivity contribution is 7.07. The van der Waals surface area contributed by atoms with Gasteiger partial charge in [-0.1, -0.05) is 0 Å². The Hall–Kier alpha value is -2.41. The smallest absolute Gasteiger partial charge is 0.331 e. The van der Waals surface area contributed by atoms with Gasteiger partial charge in [-0.3, -0.25) is 4.98 Å². The van der Waals surface area contributed by atoms with Gasteiger partial charge in [0.1, 0.15) is 5.69 Å². The molecule has 0 aliphatic heterocycles. The summed E-state index contributed by atoms with van der Waals surface area (Å²) in [7, 11) is 1.52. The molecular weight excluding hydrogens is 442 g/mol. The van der Waals surface area contributed by atoms with Gasteiger partial charge >= 0.3 is 6.01 Å². The van der Waals surface area contributed by atoms with E-state index in [-0.39, 0.29) is 0 Å². The molecule has 0 fully saturated rings. The zero-order chi connectivity index (χ0) is 21.6. The summed E-state index contributed by atoms with van der Waals surface area (Å²) in [6, 6.07) is 4.13. The second-order valence-electron chi connectivity index (χ2n) is 6.19. The van der Waals surface area contributed by atoms with E-state index in [0.717, 1.165) is 42.2 Å². The third kappa shape index (κ3) is 8.32. The van der Waals surface area contributed by atoms with E-state index in [1.54, 1.807) is 12.4 Å². The van der Waals surface area contributed by atoms with E-state index in [1.807, 2.05) is 12.1 Å². The average molecular weight is 468 g/mol. The fraction of sp³-hybridized carbons (Fsp3) is 0.526. The largest absolute Gasteiger partial charge is 0.475 e. The molecule has 3 heterocycles. The van der Waals surface area contributed by atoms with Crippen LogP contribution in [0.3, 0.4) is 0 Å². The molecular formula is C19H25N5O5S2. The van der Waals surface area contributed by atoms with Crippen LogP contribution in [0.5, 0.6) is 17.1 Å². The first kappa shape index (κ1) is 23.3. The van der Waals surface area contributed by atoms with Crippen molar-refractivity contribution in [3.63, 3.8) is 0 Å². The molecule has 0 N–H and O–H groups in total. The maximum Gasteiger partial charge on any atom is 0.331 e. The van der Waals surface area contributed by atoms with Gasteiger partial charge in [0, 0.05) is 68.8 Å². The van der Waals surface area contributed by atoms with Crippen molar-refractivity contribution < 1.29 is 23.7 Å². The van der Waals surface area contributed by atoms with E-state index in [9.17, 15) is 0 Å². The van der Waals surface area contributed by atoms with Crippen LogP contribution in [0.2, 0.25) is 0 Å². The fourth-order valence-electron chi connectivity index (χ4n) is 2.41. The topological polar surface area (TPSA) is 111 Å². The van der Waals surface area contributed by atoms with E-state index < -0.39 is 0 Å². The Kier molecular flexibility index (Phi) is 10.4. The number of rotatable bonds is 16. The van der Waals surface area contributed by atoms with Crippen molar-refractivity contribution in [1.82, 2.24) is 23.1 Å². The fourth-order valence-corrected chi connectivity index (χ4v) is 3.46. The van der Waals surface area contributed by atoms with Crippen LogP contribution in [0.1, 0.15) is 19.3 Å². The van der Waals surface area contributed by atoms with Crippen molar-refractivity contribution in [2.75, 3.05) is 46.8 Å². The van der Waals surface area contributed by atoms with Gasteiger partial charge in [0.2, 0.25) is 0 Å². The molecule has 12 heteroatoms. The number of hydrogen-bond acceptors (Lipinski definition) is 12. The molecule has 0 bridgehead atoms. The summed E-state index contributed by atoms with van der Waals surface area (Å²) in [6.45, 7) is 3.62. The van der Waals surface area contributed by atoms with Gasteiger partial charge in [-0.25, -0.2) is 0 Å². The zero-order valence-corrected chi connectivity index (χ0v) is 18.9. The minimum atomic E-state index is 0.331. The monoisotopic (exact) mass is 467 g/mol. The molecule has 0 saturated carbocycles. The van der Waals surface area contributed by atoms with Crippen LogP contribution >= 0.6 is 23.3 Å². The summed E-state index contributed by atoms with van der Waals surface area (Å²) in [5.41, 5.74) is 1.62. The highest BCUT2D eigenvalue weighted by atomic mass is 32.1. The van der Waals surface area contributed by atoms with Gasteiger partial charge < -0.3 is 23.7 Å². The molecule has 0 aliphatic carbocycles. The first-order valence-electron chi connectivity index (χ1n) is 9.88. The van der Waals surface area contributed by atoms with E-state index in [4.69, 9.17) is 23.7 Å². The first-order valence-corrected chi connectivity index (χ1v) is 11.4. The summed E-state index contributed by atoms with van der Waals surface area (Å²) in [5.74, 6) is 0.542. The molecule has 0 spiro atoms. The van der Waals surface area contributed by atoms with Gasteiger partial charge in [0.05, 0.1) is 32.1 Å². The molecule has 168 valence electrons. The predicted octanol–water partition coefficient (Wildman–Crippen LogP) is 3.12. The van der Waals surface area contributed by atoms with Crippen molar-refractivity contribution in [2.45, 2.75) is 19.3 Å². The Labute approximate surface area is 189 Å². The van der Waals surface area contributed by atoms with Crippen molar-refractivity contribution in [3.8, 4) is 28.3 Å². The normalized spacial score (nSPS) is 10.9. The zero-order valence-electron chi connectivity index (χ0n) is 17.3. The summed E-state index contributed by atoms with van der Waals surface area (Å²) < 4.78 is 39.7. The molecule has 3 rings (SSSR count). The third-order valence-corrected chi connectivity index (χ3v) is 5.00. The van der Waals surface area contributed by atoms with Crippen LogP contribution in [0, 0.1) is 0 Å². The minimum Gasteiger partial charge on any atom is -0.475 e. The molecule has 0 atom stereocenters. The van der Waals surface area contributed by atoms with Crippen molar-refractivity contribution in [3.05, 3.63) is 24.5 Å². The standard InChI is InChI=1S/C19H25N5O5S2/c1-25-18-21-19(30-24-18)29-13-5-11-27-9-3-8-26-10-4-12-28-17-16(22-31-23-17)15-6-2-7-20-14-15/h2,6-7,14H,3-5,8-13H2,1H3. The van der Waals surface area contributed by atoms with E-state index in [1.165, 1.54) is 18.6 Å². The number of hydrogen-bond donors (Lipinski definition) is 0. The summed E-state index contributed by atoms with van der Waals surface area (Å²) in [5, 5.41) is 0.508. The number of ether oxygens (including phenoxy) is 5. The third-order valence-electron chi connectivity index (χ3n) is 3.87. The van der Waals surface area contributed by atoms with Gasteiger partial charge in [0.25, 0.3) is 11.1 Å². The molecule has 0 radical (unpaired) electrons. The lowest BCUT2D eigenvalue weighted by molar-refractivity contribution is 0.0729. The molecule has 0 saturated heterocycles. The van der Waals surface area contributed by atoms with E-state index >= 15 is 0 Å². The lowest BCUT2D eigenvalue weighted by Crippen LogP contribution is -2.07. The van der Waals surface area contributed by atoms with Gasteiger partial charge in [-0.05, 0) is 18.6 Å². The predicted molar refractivity (Wildman–Crippen MR) is 116 cm³/mol. The Morgan fingerprint density at radius 1 is 0.871 bits per heavy atom. The second-order valence-corrected chi connectivity index (χ2v) is 7.43.